The van der Waals surface area contributed by atoms with Gasteiger partial charge in [-0.15, -0.1) is 16.4 Å². The Bertz CT molecular complexity index is 848. The molecule has 0 atom stereocenters. The zero-order valence-electron chi connectivity index (χ0n) is 12.0. The Balaban J connectivity index is 1.58. The second kappa shape index (κ2) is 6.81. The predicted octanol–water partition coefficient (Wildman–Crippen LogP) is 1.84. The number of thiazole rings is 1. The van der Waals surface area contributed by atoms with Crippen LogP contribution in [0.25, 0.3) is 0 Å². The SMILES string of the molecule is N#Cc1ncn(CC(=O)Nc2ncc(Cc3ccccc3)s2)n1. The van der Waals surface area contributed by atoms with Gasteiger partial charge in [-0.2, -0.15) is 5.26 Å². The molecule has 0 radical (unpaired) electrons. The number of carbonyl (C=O) groups is 1. The fraction of sp³-hybridized carbons (Fsp3) is 0.133. The van der Waals surface area contributed by atoms with Gasteiger partial charge in [0.2, 0.25) is 5.91 Å². The minimum atomic E-state index is -0.264. The Kier molecular flexibility index (Phi) is 4.40. The third-order valence-electron chi connectivity index (χ3n) is 2.96. The van der Waals surface area contributed by atoms with Crippen molar-refractivity contribution in [2.24, 2.45) is 0 Å². The molecule has 2 heterocycles. The Morgan fingerprint density at radius 3 is 2.87 bits per heavy atom. The van der Waals surface area contributed by atoms with Gasteiger partial charge in [0, 0.05) is 17.5 Å². The van der Waals surface area contributed by atoms with E-state index in [1.807, 2.05) is 24.3 Å². The van der Waals surface area contributed by atoms with Crippen molar-refractivity contribution >= 4 is 22.4 Å². The van der Waals surface area contributed by atoms with E-state index in [-0.39, 0.29) is 18.3 Å². The molecule has 1 aromatic carbocycles. The monoisotopic (exact) mass is 324 g/mol. The first-order valence-electron chi connectivity index (χ1n) is 6.81. The van der Waals surface area contributed by atoms with Gasteiger partial charge in [0.15, 0.2) is 5.13 Å². The maximum atomic E-state index is 11.9. The molecule has 0 fully saturated rings. The Morgan fingerprint density at radius 1 is 1.30 bits per heavy atom. The van der Waals surface area contributed by atoms with Gasteiger partial charge < -0.3 is 5.32 Å². The molecule has 0 aliphatic rings. The molecular weight excluding hydrogens is 312 g/mol. The molecule has 23 heavy (non-hydrogen) atoms. The van der Waals surface area contributed by atoms with Gasteiger partial charge in [-0.25, -0.2) is 14.6 Å². The molecule has 1 amide bonds. The molecule has 0 saturated heterocycles. The maximum absolute atomic E-state index is 11.9. The third-order valence-corrected chi connectivity index (χ3v) is 3.88. The number of nitrogens with zero attached hydrogens (tertiary/aromatic N) is 5. The number of hydrogen-bond donors (Lipinski definition) is 1. The normalized spacial score (nSPS) is 10.2. The van der Waals surface area contributed by atoms with Crippen LogP contribution in [0.2, 0.25) is 0 Å². The highest BCUT2D eigenvalue weighted by Crippen LogP contribution is 2.21. The summed E-state index contributed by atoms with van der Waals surface area (Å²) < 4.78 is 1.31. The molecule has 0 bridgehead atoms. The lowest BCUT2D eigenvalue weighted by Crippen LogP contribution is -2.19. The lowest BCUT2D eigenvalue weighted by molar-refractivity contribution is -0.116. The van der Waals surface area contributed by atoms with Crippen LogP contribution in [-0.2, 0) is 17.8 Å². The first kappa shape index (κ1) is 14.9. The smallest absolute Gasteiger partial charge is 0.252 e. The number of benzene rings is 1. The van der Waals surface area contributed by atoms with Crippen LogP contribution in [0.3, 0.4) is 0 Å². The summed E-state index contributed by atoms with van der Waals surface area (Å²) >= 11 is 1.44. The highest BCUT2D eigenvalue weighted by atomic mass is 32.1. The van der Waals surface area contributed by atoms with E-state index >= 15 is 0 Å². The minimum Gasteiger partial charge on any atom is -0.300 e. The van der Waals surface area contributed by atoms with Crippen molar-refractivity contribution in [3.8, 4) is 6.07 Å². The number of amides is 1. The summed E-state index contributed by atoms with van der Waals surface area (Å²) in [7, 11) is 0. The molecular formula is C15H12N6OS. The van der Waals surface area contributed by atoms with Gasteiger partial charge in [-0.1, -0.05) is 30.3 Å². The van der Waals surface area contributed by atoms with Crippen LogP contribution in [-0.4, -0.2) is 25.7 Å². The van der Waals surface area contributed by atoms with Gasteiger partial charge in [0.25, 0.3) is 5.82 Å². The molecule has 7 nitrogen and oxygen atoms in total. The van der Waals surface area contributed by atoms with Gasteiger partial charge in [0.05, 0.1) is 0 Å². The van der Waals surface area contributed by atoms with Crippen molar-refractivity contribution in [1.82, 2.24) is 19.7 Å². The second-order valence-corrected chi connectivity index (χ2v) is 5.84. The summed E-state index contributed by atoms with van der Waals surface area (Å²) in [5.41, 5.74) is 1.20. The Labute approximate surface area is 136 Å². The summed E-state index contributed by atoms with van der Waals surface area (Å²) in [6.45, 7) is -0.0116. The minimum absolute atomic E-state index is 0.0116. The van der Waals surface area contributed by atoms with Gasteiger partial charge >= 0.3 is 0 Å². The largest absolute Gasteiger partial charge is 0.300 e. The van der Waals surface area contributed by atoms with Crippen LogP contribution in [0.4, 0.5) is 5.13 Å². The van der Waals surface area contributed by atoms with Crippen molar-refractivity contribution in [1.29, 1.82) is 5.26 Å². The number of nitriles is 1. The van der Waals surface area contributed by atoms with Gasteiger partial charge in [-0.3, -0.25) is 4.79 Å². The molecule has 1 N–H and O–H groups in total. The van der Waals surface area contributed by atoms with Crippen LogP contribution in [0.1, 0.15) is 16.3 Å². The van der Waals surface area contributed by atoms with Crippen molar-refractivity contribution in [3.05, 3.63) is 59.1 Å². The highest BCUT2D eigenvalue weighted by molar-refractivity contribution is 7.15. The van der Waals surface area contributed by atoms with Crippen molar-refractivity contribution in [2.75, 3.05) is 5.32 Å². The average molecular weight is 324 g/mol. The average Bonchev–Trinajstić information content (AvgIpc) is 3.18. The van der Waals surface area contributed by atoms with Crippen LogP contribution in [0.5, 0.6) is 0 Å². The Morgan fingerprint density at radius 2 is 2.13 bits per heavy atom. The highest BCUT2D eigenvalue weighted by Gasteiger charge is 2.09. The molecule has 0 unspecified atom stereocenters. The van der Waals surface area contributed by atoms with Crippen molar-refractivity contribution < 1.29 is 4.79 Å². The number of rotatable bonds is 5. The van der Waals surface area contributed by atoms with Gasteiger partial charge in [-0.05, 0) is 5.56 Å². The number of carbonyl (C=O) groups excluding carboxylic acids is 1. The fourth-order valence-corrected chi connectivity index (χ4v) is 2.83. The van der Waals surface area contributed by atoms with E-state index in [0.29, 0.717) is 5.13 Å². The predicted molar refractivity (Wildman–Crippen MR) is 84.7 cm³/mol. The van der Waals surface area contributed by atoms with Crippen molar-refractivity contribution in [2.45, 2.75) is 13.0 Å². The lowest BCUT2D eigenvalue weighted by atomic mass is 10.1. The van der Waals surface area contributed by atoms with E-state index in [4.69, 9.17) is 5.26 Å². The molecule has 0 saturated carbocycles. The first-order chi connectivity index (χ1) is 11.2. The van der Waals surface area contributed by atoms with Gasteiger partial charge in [0.1, 0.15) is 18.9 Å². The van der Waals surface area contributed by atoms with Crippen LogP contribution in [0.15, 0.2) is 42.9 Å². The maximum Gasteiger partial charge on any atom is 0.252 e. The molecule has 3 rings (SSSR count). The molecule has 2 aromatic heterocycles. The van der Waals surface area contributed by atoms with E-state index in [1.165, 1.54) is 27.9 Å². The summed E-state index contributed by atoms with van der Waals surface area (Å²) in [5.74, 6) is -0.225. The molecule has 0 aliphatic heterocycles. The van der Waals surface area contributed by atoms with E-state index in [0.717, 1.165) is 11.3 Å². The van der Waals surface area contributed by atoms with E-state index in [9.17, 15) is 4.79 Å². The molecule has 0 spiro atoms. The lowest BCUT2D eigenvalue weighted by Gasteiger charge is -2.00. The molecule has 114 valence electrons. The standard InChI is InChI=1S/C15H12N6OS/c16-7-13-18-10-21(20-13)9-14(22)19-15-17-8-12(23-15)6-11-4-2-1-3-5-11/h1-5,8,10H,6,9H2,(H,17,19,22). The van der Waals surface area contributed by atoms with E-state index in [1.54, 1.807) is 6.20 Å². The third kappa shape index (κ3) is 3.99. The molecule has 3 aromatic rings. The summed E-state index contributed by atoms with van der Waals surface area (Å²) in [4.78, 5) is 20.9. The quantitative estimate of drug-likeness (QED) is 0.772. The number of aromatic nitrogens is 4. The van der Waals surface area contributed by atoms with Crippen LogP contribution in [0, 0.1) is 11.3 Å². The number of anilines is 1. The summed E-state index contributed by atoms with van der Waals surface area (Å²) in [6, 6.07) is 11.9. The topological polar surface area (TPSA) is 96.5 Å². The summed E-state index contributed by atoms with van der Waals surface area (Å²) in [6.07, 6.45) is 3.89. The fourth-order valence-electron chi connectivity index (χ4n) is 1.97. The summed E-state index contributed by atoms with van der Waals surface area (Å²) in [5, 5.41) is 15.7. The molecule has 0 aliphatic carbocycles. The Hall–Kier alpha value is -3.05. The first-order valence-corrected chi connectivity index (χ1v) is 7.62. The zero-order chi connectivity index (χ0) is 16.1. The van der Waals surface area contributed by atoms with E-state index in [2.05, 4.69) is 32.5 Å². The number of nitrogens with one attached hydrogen (secondary N) is 1. The molecule has 8 heteroatoms. The number of hydrogen-bond acceptors (Lipinski definition) is 6. The van der Waals surface area contributed by atoms with Crippen molar-refractivity contribution in [3.63, 3.8) is 0 Å². The van der Waals surface area contributed by atoms with Crippen LogP contribution < -0.4 is 5.32 Å². The van der Waals surface area contributed by atoms with E-state index < -0.39 is 0 Å². The second-order valence-electron chi connectivity index (χ2n) is 4.72. The van der Waals surface area contributed by atoms with Crippen LogP contribution >= 0.6 is 11.3 Å². The zero-order valence-corrected chi connectivity index (χ0v) is 12.8.